The van der Waals surface area contributed by atoms with E-state index in [2.05, 4.69) is 32.7 Å². The molecule has 106 valence electrons. The van der Waals surface area contributed by atoms with Gasteiger partial charge in [-0.3, -0.25) is 9.69 Å². The van der Waals surface area contributed by atoms with Crippen molar-refractivity contribution in [1.82, 2.24) is 20.4 Å². The molecule has 19 heavy (non-hydrogen) atoms. The van der Waals surface area contributed by atoms with Gasteiger partial charge in [0.25, 0.3) is 5.91 Å². The molecule has 0 saturated carbocycles. The number of hydrogen-bond acceptors (Lipinski definition) is 6. The van der Waals surface area contributed by atoms with Gasteiger partial charge in [-0.15, -0.1) is 10.2 Å². The van der Waals surface area contributed by atoms with Crippen molar-refractivity contribution in [2.75, 3.05) is 31.5 Å². The summed E-state index contributed by atoms with van der Waals surface area (Å²) in [6.45, 7) is 7.85. The minimum absolute atomic E-state index is 0.132. The van der Waals surface area contributed by atoms with E-state index in [0.717, 1.165) is 19.6 Å². The van der Waals surface area contributed by atoms with Crippen LogP contribution in [-0.2, 0) is 0 Å². The highest BCUT2D eigenvalue weighted by atomic mass is 32.1. The Labute approximate surface area is 117 Å². The second kappa shape index (κ2) is 6.81. The number of amides is 1. The lowest BCUT2D eigenvalue weighted by Crippen LogP contribution is -2.40. The van der Waals surface area contributed by atoms with E-state index in [0.29, 0.717) is 22.7 Å². The summed E-state index contributed by atoms with van der Waals surface area (Å²) in [5.74, 6) is -0.132. The number of aromatic nitrogens is 2. The van der Waals surface area contributed by atoms with Crippen molar-refractivity contribution >= 4 is 22.4 Å². The average molecular weight is 283 g/mol. The van der Waals surface area contributed by atoms with E-state index in [1.165, 1.54) is 24.2 Å². The summed E-state index contributed by atoms with van der Waals surface area (Å²) in [6, 6.07) is 0.382. The van der Waals surface area contributed by atoms with E-state index in [4.69, 9.17) is 0 Å². The molecule has 2 N–H and O–H groups in total. The highest BCUT2D eigenvalue weighted by Gasteiger charge is 2.19. The van der Waals surface area contributed by atoms with Crippen LogP contribution in [0.1, 0.15) is 36.5 Å². The Hall–Kier alpha value is -1.21. The molecule has 1 fully saturated rings. The van der Waals surface area contributed by atoms with Crippen LogP contribution in [0.2, 0.25) is 0 Å². The molecular weight excluding hydrogens is 262 g/mol. The number of anilines is 1. The fraction of sp³-hybridized carbons (Fsp3) is 0.750. The summed E-state index contributed by atoms with van der Waals surface area (Å²) >= 11 is 1.29. The number of carbonyl (C=O) groups excluding carboxylic acids is 1. The van der Waals surface area contributed by atoms with E-state index < -0.39 is 0 Å². The van der Waals surface area contributed by atoms with Gasteiger partial charge >= 0.3 is 0 Å². The molecule has 1 amide bonds. The summed E-state index contributed by atoms with van der Waals surface area (Å²) < 4.78 is 0. The molecule has 0 radical (unpaired) electrons. The van der Waals surface area contributed by atoms with Crippen LogP contribution >= 0.6 is 11.3 Å². The molecule has 0 aromatic carbocycles. The number of rotatable bonds is 6. The van der Waals surface area contributed by atoms with E-state index in [1.807, 2.05) is 6.92 Å². The van der Waals surface area contributed by atoms with Crippen LogP contribution < -0.4 is 10.6 Å². The molecule has 1 aliphatic heterocycles. The van der Waals surface area contributed by atoms with Gasteiger partial charge in [0.1, 0.15) is 0 Å². The topological polar surface area (TPSA) is 70.1 Å². The molecule has 7 heteroatoms. The average Bonchev–Trinajstić information content (AvgIpc) is 3.06. The fourth-order valence-electron chi connectivity index (χ4n) is 2.17. The van der Waals surface area contributed by atoms with Gasteiger partial charge in [0.15, 0.2) is 0 Å². The number of likely N-dealkylation sites (tertiary alicyclic amines) is 1. The van der Waals surface area contributed by atoms with E-state index in [1.54, 1.807) is 0 Å². The van der Waals surface area contributed by atoms with Crippen molar-refractivity contribution in [2.45, 2.75) is 32.7 Å². The Balaban J connectivity index is 1.79. The van der Waals surface area contributed by atoms with Crippen molar-refractivity contribution in [1.29, 1.82) is 0 Å². The zero-order valence-corrected chi connectivity index (χ0v) is 12.3. The first-order valence-corrected chi connectivity index (χ1v) is 7.62. The molecule has 1 aromatic heterocycles. The second-order valence-electron chi connectivity index (χ2n) is 4.74. The normalized spacial score (nSPS) is 17.4. The van der Waals surface area contributed by atoms with Crippen LogP contribution in [0.5, 0.6) is 0 Å². The smallest absolute Gasteiger partial charge is 0.282 e. The summed E-state index contributed by atoms with van der Waals surface area (Å²) in [7, 11) is 0. The quantitative estimate of drug-likeness (QED) is 0.820. The predicted octanol–water partition coefficient (Wildman–Crippen LogP) is 1.18. The Kier molecular flexibility index (Phi) is 5.09. The predicted molar refractivity (Wildman–Crippen MR) is 76.7 cm³/mol. The van der Waals surface area contributed by atoms with Crippen LogP contribution in [0.25, 0.3) is 0 Å². The van der Waals surface area contributed by atoms with E-state index >= 15 is 0 Å². The Morgan fingerprint density at radius 3 is 2.84 bits per heavy atom. The molecule has 1 unspecified atom stereocenters. The molecule has 1 atom stereocenters. The van der Waals surface area contributed by atoms with Gasteiger partial charge < -0.3 is 10.6 Å². The molecule has 1 aromatic rings. The number of carbonyl (C=O) groups is 1. The van der Waals surface area contributed by atoms with Gasteiger partial charge in [0, 0.05) is 19.1 Å². The summed E-state index contributed by atoms with van der Waals surface area (Å²) in [6.07, 6.45) is 2.53. The maximum Gasteiger partial charge on any atom is 0.282 e. The number of nitrogens with zero attached hydrogens (tertiary/aromatic N) is 3. The third kappa shape index (κ3) is 3.87. The van der Waals surface area contributed by atoms with Gasteiger partial charge in [-0.05, 0) is 39.8 Å². The molecule has 1 aliphatic rings. The monoisotopic (exact) mass is 283 g/mol. The largest absolute Gasteiger partial charge is 0.360 e. The molecular formula is C12H21N5OS. The van der Waals surface area contributed by atoms with E-state index in [9.17, 15) is 4.79 Å². The Morgan fingerprint density at radius 1 is 1.42 bits per heavy atom. The highest BCUT2D eigenvalue weighted by molar-refractivity contribution is 7.17. The third-order valence-corrected chi connectivity index (χ3v) is 4.15. The van der Waals surface area contributed by atoms with Crippen LogP contribution in [0.3, 0.4) is 0 Å². The first-order valence-electron chi connectivity index (χ1n) is 6.80. The van der Waals surface area contributed by atoms with E-state index in [-0.39, 0.29) is 5.91 Å². The highest BCUT2D eigenvalue weighted by Crippen LogP contribution is 2.15. The second-order valence-corrected chi connectivity index (χ2v) is 5.72. The minimum atomic E-state index is -0.132. The molecule has 2 rings (SSSR count). The van der Waals surface area contributed by atoms with Crippen molar-refractivity contribution < 1.29 is 4.79 Å². The zero-order chi connectivity index (χ0) is 13.7. The van der Waals surface area contributed by atoms with Crippen LogP contribution in [0.4, 0.5) is 5.13 Å². The maximum atomic E-state index is 11.9. The lowest BCUT2D eigenvalue weighted by atomic mass is 10.3. The summed E-state index contributed by atoms with van der Waals surface area (Å²) in [5.41, 5.74) is 0. The summed E-state index contributed by atoms with van der Waals surface area (Å²) in [5, 5.41) is 14.9. The Morgan fingerprint density at radius 2 is 2.16 bits per heavy atom. The first-order chi connectivity index (χ1) is 9.20. The number of nitrogens with one attached hydrogen (secondary N) is 2. The molecule has 0 spiro atoms. The van der Waals surface area contributed by atoms with Crippen LogP contribution in [0, 0.1) is 0 Å². The van der Waals surface area contributed by atoms with Crippen molar-refractivity contribution in [3.05, 3.63) is 5.01 Å². The molecule has 6 nitrogen and oxygen atoms in total. The van der Waals surface area contributed by atoms with Crippen LogP contribution in [0.15, 0.2) is 0 Å². The van der Waals surface area contributed by atoms with Crippen molar-refractivity contribution in [3.8, 4) is 0 Å². The van der Waals surface area contributed by atoms with Gasteiger partial charge in [0.05, 0.1) is 0 Å². The Bertz CT molecular complexity index is 416. The molecule has 0 aliphatic carbocycles. The molecule has 1 saturated heterocycles. The SMILES string of the molecule is CCNc1nnc(C(=O)NCC(C)N2CCCC2)s1. The van der Waals surface area contributed by atoms with Gasteiger partial charge in [-0.2, -0.15) is 0 Å². The molecule has 0 bridgehead atoms. The lowest BCUT2D eigenvalue weighted by molar-refractivity contribution is 0.0939. The van der Waals surface area contributed by atoms with Crippen molar-refractivity contribution in [2.24, 2.45) is 0 Å². The zero-order valence-electron chi connectivity index (χ0n) is 11.5. The van der Waals surface area contributed by atoms with Gasteiger partial charge in [0.2, 0.25) is 10.1 Å². The lowest BCUT2D eigenvalue weighted by Gasteiger charge is -2.23. The summed E-state index contributed by atoms with van der Waals surface area (Å²) in [4.78, 5) is 14.3. The maximum absolute atomic E-state index is 11.9. The van der Waals surface area contributed by atoms with Crippen molar-refractivity contribution in [3.63, 3.8) is 0 Å². The molecule has 2 heterocycles. The fourth-order valence-corrected chi connectivity index (χ4v) is 2.89. The number of hydrogen-bond donors (Lipinski definition) is 2. The minimum Gasteiger partial charge on any atom is -0.360 e. The van der Waals surface area contributed by atoms with Crippen LogP contribution in [-0.4, -0.2) is 53.2 Å². The first kappa shape index (κ1) is 14.2. The van der Waals surface area contributed by atoms with Gasteiger partial charge in [-0.25, -0.2) is 0 Å². The third-order valence-electron chi connectivity index (χ3n) is 3.27. The van der Waals surface area contributed by atoms with Gasteiger partial charge in [-0.1, -0.05) is 11.3 Å². The standard InChI is InChI=1S/C12H21N5OS/c1-3-13-12-16-15-11(19-12)10(18)14-8-9(2)17-6-4-5-7-17/h9H,3-8H2,1-2H3,(H,13,16)(H,14,18).